The van der Waals surface area contributed by atoms with Crippen molar-refractivity contribution in [2.75, 3.05) is 13.7 Å². The average molecular weight is 376 g/mol. The molecule has 0 aliphatic rings. The second kappa shape index (κ2) is 8.01. The van der Waals surface area contributed by atoms with Gasteiger partial charge in [-0.1, -0.05) is 12.1 Å². The van der Waals surface area contributed by atoms with E-state index in [4.69, 9.17) is 9.72 Å². The van der Waals surface area contributed by atoms with Gasteiger partial charge in [-0.3, -0.25) is 4.57 Å². The summed E-state index contributed by atoms with van der Waals surface area (Å²) in [6, 6.07) is 15.7. The molecule has 0 atom stereocenters. The number of nitrogens with zero attached hydrogens (tertiary/aromatic N) is 6. The summed E-state index contributed by atoms with van der Waals surface area (Å²) in [5.74, 6) is 2.25. The van der Waals surface area contributed by atoms with Gasteiger partial charge in [0.25, 0.3) is 0 Å². The first-order chi connectivity index (χ1) is 13.8. The van der Waals surface area contributed by atoms with E-state index in [1.165, 1.54) is 0 Å². The SMILES string of the molecule is COc1ccc(Cc2nc(-c3ccc(-n4cnnc4)cc3)n(CCO)n2)cc1. The summed E-state index contributed by atoms with van der Waals surface area (Å²) in [5.41, 5.74) is 2.98. The quantitative estimate of drug-likeness (QED) is 0.531. The molecule has 142 valence electrons. The van der Waals surface area contributed by atoms with E-state index in [1.54, 1.807) is 24.4 Å². The average Bonchev–Trinajstić information content (AvgIpc) is 3.40. The number of aliphatic hydroxyl groups excluding tert-OH is 1. The van der Waals surface area contributed by atoms with Crippen LogP contribution in [0.1, 0.15) is 11.4 Å². The van der Waals surface area contributed by atoms with Crippen LogP contribution in [0, 0.1) is 0 Å². The second-order valence-corrected chi connectivity index (χ2v) is 6.24. The number of rotatable bonds is 7. The van der Waals surface area contributed by atoms with Crippen LogP contribution in [-0.2, 0) is 13.0 Å². The fraction of sp³-hybridized carbons (Fsp3) is 0.200. The van der Waals surface area contributed by atoms with E-state index >= 15 is 0 Å². The van der Waals surface area contributed by atoms with E-state index in [1.807, 2.05) is 53.1 Å². The van der Waals surface area contributed by atoms with Crippen molar-refractivity contribution in [1.82, 2.24) is 29.5 Å². The maximum absolute atomic E-state index is 9.40. The van der Waals surface area contributed by atoms with Gasteiger partial charge >= 0.3 is 0 Å². The van der Waals surface area contributed by atoms with Crippen LogP contribution >= 0.6 is 0 Å². The standard InChI is InChI=1S/C20H20N6O2/c1-28-18-8-2-15(3-9-18)12-19-23-20(26(24-19)10-11-27)16-4-6-17(7-5-16)25-13-21-22-14-25/h2-9,13-14,27H,10-12H2,1H3. The van der Waals surface area contributed by atoms with Crippen LogP contribution in [0.2, 0.25) is 0 Å². The molecule has 4 aromatic rings. The van der Waals surface area contributed by atoms with Crippen LogP contribution < -0.4 is 4.74 Å². The fourth-order valence-electron chi connectivity index (χ4n) is 2.97. The highest BCUT2D eigenvalue weighted by molar-refractivity contribution is 5.57. The summed E-state index contributed by atoms with van der Waals surface area (Å²) in [6.45, 7) is 0.384. The molecule has 2 aromatic heterocycles. The van der Waals surface area contributed by atoms with Crippen LogP contribution in [0.15, 0.2) is 61.2 Å². The number of hydrogen-bond acceptors (Lipinski definition) is 6. The molecular weight excluding hydrogens is 356 g/mol. The molecule has 0 unspecified atom stereocenters. The van der Waals surface area contributed by atoms with Gasteiger partial charge in [0.1, 0.15) is 18.4 Å². The highest BCUT2D eigenvalue weighted by Crippen LogP contribution is 2.21. The Kier molecular flexibility index (Phi) is 5.11. The first kappa shape index (κ1) is 17.9. The molecule has 4 rings (SSSR count). The molecule has 28 heavy (non-hydrogen) atoms. The predicted octanol–water partition coefficient (Wildman–Crippen LogP) is 2.12. The maximum Gasteiger partial charge on any atom is 0.158 e. The smallest absolute Gasteiger partial charge is 0.158 e. The van der Waals surface area contributed by atoms with Crippen molar-refractivity contribution in [3.8, 4) is 22.8 Å². The minimum Gasteiger partial charge on any atom is -0.497 e. The molecule has 0 fully saturated rings. The van der Waals surface area contributed by atoms with E-state index in [0.29, 0.717) is 18.8 Å². The van der Waals surface area contributed by atoms with E-state index in [-0.39, 0.29) is 6.61 Å². The summed E-state index contributed by atoms with van der Waals surface area (Å²) >= 11 is 0. The van der Waals surface area contributed by atoms with E-state index < -0.39 is 0 Å². The lowest BCUT2D eigenvalue weighted by Gasteiger charge is -2.05. The Morgan fingerprint density at radius 3 is 2.32 bits per heavy atom. The third kappa shape index (κ3) is 3.77. The molecule has 8 nitrogen and oxygen atoms in total. The normalized spacial score (nSPS) is 10.9. The summed E-state index contributed by atoms with van der Waals surface area (Å²) in [7, 11) is 1.65. The third-order valence-electron chi connectivity index (χ3n) is 4.39. The summed E-state index contributed by atoms with van der Waals surface area (Å²) in [5, 5.41) is 21.6. The van der Waals surface area contributed by atoms with Crippen molar-refractivity contribution in [1.29, 1.82) is 0 Å². The summed E-state index contributed by atoms with van der Waals surface area (Å²) < 4.78 is 8.77. The van der Waals surface area contributed by atoms with Gasteiger partial charge in [0.05, 0.1) is 20.3 Å². The number of ether oxygens (including phenoxy) is 1. The molecule has 1 N–H and O–H groups in total. The van der Waals surface area contributed by atoms with Crippen molar-refractivity contribution >= 4 is 0 Å². The van der Waals surface area contributed by atoms with Crippen LogP contribution in [0.3, 0.4) is 0 Å². The van der Waals surface area contributed by atoms with Crippen LogP contribution in [-0.4, -0.2) is 48.4 Å². The number of benzene rings is 2. The Bertz CT molecular complexity index is 1020. The van der Waals surface area contributed by atoms with Gasteiger partial charge in [-0.2, -0.15) is 5.10 Å². The molecule has 8 heteroatoms. The molecule has 0 bridgehead atoms. The van der Waals surface area contributed by atoms with Gasteiger partial charge in [0.15, 0.2) is 11.6 Å². The zero-order chi connectivity index (χ0) is 19.3. The summed E-state index contributed by atoms with van der Waals surface area (Å²) in [4.78, 5) is 4.71. The predicted molar refractivity (Wildman–Crippen MR) is 103 cm³/mol. The minimum atomic E-state index is -0.00285. The molecular formula is C20H20N6O2. The number of methoxy groups -OCH3 is 1. The van der Waals surface area contributed by atoms with Crippen molar-refractivity contribution in [3.63, 3.8) is 0 Å². The van der Waals surface area contributed by atoms with Gasteiger partial charge in [-0.05, 0) is 42.0 Å². The van der Waals surface area contributed by atoms with Gasteiger partial charge < -0.3 is 9.84 Å². The van der Waals surface area contributed by atoms with Gasteiger partial charge in [0.2, 0.25) is 0 Å². The maximum atomic E-state index is 9.40. The Labute approximate surface area is 162 Å². The molecule has 0 saturated heterocycles. The zero-order valence-corrected chi connectivity index (χ0v) is 15.4. The Morgan fingerprint density at radius 2 is 1.68 bits per heavy atom. The lowest BCUT2D eigenvalue weighted by molar-refractivity contribution is 0.270. The molecule has 0 aliphatic carbocycles. The van der Waals surface area contributed by atoms with Crippen molar-refractivity contribution in [2.24, 2.45) is 0 Å². The van der Waals surface area contributed by atoms with Crippen LogP contribution in [0.25, 0.3) is 17.1 Å². The molecule has 0 spiro atoms. The highest BCUT2D eigenvalue weighted by atomic mass is 16.5. The number of hydrogen-bond donors (Lipinski definition) is 1. The second-order valence-electron chi connectivity index (χ2n) is 6.24. The highest BCUT2D eigenvalue weighted by Gasteiger charge is 2.13. The van der Waals surface area contributed by atoms with Gasteiger partial charge in [-0.25, -0.2) is 9.67 Å². The fourth-order valence-corrected chi connectivity index (χ4v) is 2.97. The molecule has 0 aliphatic heterocycles. The Hall–Kier alpha value is -3.52. The van der Waals surface area contributed by atoms with Crippen LogP contribution in [0.5, 0.6) is 5.75 Å². The third-order valence-corrected chi connectivity index (χ3v) is 4.39. The van der Waals surface area contributed by atoms with Gasteiger partial charge in [-0.15, -0.1) is 10.2 Å². The monoisotopic (exact) mass is 376 g/mol. The van der Waals surface area contributed by atoms with Crippen molar-refractivity contribution in [3.05, 3.63) is 72.6 Å². The first-order valence-electron chi connectivity index (χ1n) is 8.90. The van der Waals surface area contributed by atoms with E-state index in [0.717, 1.165) is 28.4 Å². The lowest BCUT2D eigenvalue weighted by atomic mass is 10.1. The largest absolute Gasteiger partial charge is 0.497 e. The zero-order valence-electron chi connectivity index (χ0n) is 15.4. The molecule has 2 aromatic carbocycles. The lowest BCUT2D eigenvalue weighted by Crippen LogP contribution is -2.06. The van der Waals surface area contributed by atoms with Crippen molar-refractivity contribution in [2.45, 2.75) is 13.0 Å². The first-order valence-corrected chi connectivity index (χ1v) is 8.90. The van der Waals surface area contributed by atoms with Crippen molar-refractivity contribution < 1.29 is 9.84 Å². The Morgan fingerprint density at radius 1 is 0.964 bits per heavy atom. The molecule has 0 saturated carbocycles. The topological polar surface area (TPSA) is 90.9 Å². The summed E-state index contributed by atoms with van der Waals surface area (Å²) in [6.07, 6.45) is 3.90. The Balaban J connectivity index is 1.60. The van der Waals surface area contributed by atoms with Gasteiger partial charge in [0, 0.05) is 17.7 Å². The molecule has 0 amide bonds. The number of aliphatic hydroxyl groups is 1. The number of aromatic nitrogens is 6. The minimum absolute atomic E-state index is 0.00285. The van der Waals surface area contributed by atoms with E-state index in [2.05, 4.69) is 15.3 Å². The molecule has 0 radical (unpaired) electrons. The molecule has 2 heterocycles. The van der Waals surface area contributed by atoms with Crippen LogP contribution in [0.4, 0.5) is 0 Å². The van der Waals surface area contributed by atoms with E-state index in [9.17, 15) is 5.11 Å².